The first-order chi connectivity index (χ1) is 12.9. The summed E-state index contributed by atoms with van der Waals surface area (Å²) in [5, 5.41) is 0.887. The minimum Gasteiger partial charge on any atom is -0.497 e. The van der Waals surface area contributed by atoms with Gasteiger partial charge in [0.2, 0.25) is 0 Å². The van der Waals surface area contributed by atoms with Gasteiger partial charge in [0.15, 0.2) is 15.6 Å². The molecule has 0 aliphatic carbocycles. The molecule has 1 atom stereocenters. The van der Waals surface area contributed by atoms with E-state index in [1.54, 1.807) is 7.11 Å². The van der Waals surface area contributed by atoms with Gasteiger partial charge in [-0.3, -0.25) is 4.79 Å². The van der Waals surface area contributed by atoms with Crippen molar-refractivity contribution in [2.45, 2.75) is 19.4 Å². The van der Waals surface area contributed by atoms with Crippen molar-refractivity contribution in [3.63, 3.8) is 0 Å². The molecule has 0 unspecified atom stereocenters. The van der Waals surface area contributed by atoms with E-state index < -0.39 is 9.84 Å². The maximum atomic E-state index is 13.0. The van der Waals surface area contributed by atoms with Crippen molar-refractivity contribution in [1.29, 1.82) is 0 Å². The Bertz CT molecular complexity index is 973. The van der Waals surface area contributed by atoms with Crippen molar-refractivity contribution in [2.24, 2.45) is 0 Å². The minimum absolute atomic E-state index is 0.0965. The molecule has 1 N–H and O–H groups in total. The molecule has 1 aromatic heterocycles. The van der Waals surface area contributed by atoms with Crippen LogP contribution in [0, 0.1) is 6.92 Å². The molecule has 2 aliphatic heterocycles. The number of rotatable bonds is 3. The number of ether oxygens (including phenoxy) is 1. The van der Waals surface area contributed by atoms with Gasteiger partial charge in [-0.1, -0.05) is 0 Å². The molecule has 3 heterocycles. The fourth-order valence-electron chi connectivity index (χ4n) is 4.20. The Hall–Kier alpha value is -2.06. The maximum Gasteiger partial charge on any atom is 0.290 e. The monoisotopic (exact) mass is 393 g/mol. The lowest BCUT2D eigenvalue weighted by Crippen LogP contribution is -3.18. The topological polar surface area (TPSA) is 81.3 Å². The largest absolute Gasteiger partial charge is 0.497 e. The number of furan rings is 1. The number of benzene rings is 1. The first kappa shape index (κ1) is 18.3. The van der Waals surface area contributed by atoms with E-state index in [-0.39, 0.29) is 17.7 Å². The number of carbonyl (C=O) groups excluding carboxylic acids is 1. The van der Waals surface area contributed by atoms with E-state index in [1.807, 2.05) is 30.0 Å². The summed E-state index contributed by atoms with van der Waals surface area (Å²) in [4.78, 5) is 16.1. The van der Waals surface area contributed by atoms with Crippen LogP contribution in [-0.4, -0.2) is 70.1 Å². The van der Waals surface area contributed by atoms with Gasteiger partial charge in [-0.25, -0.2) is 8.42 Å². The first-order valence-electron chi connectivity index (χ1n) is 9.29. The fraction of sp³-hybridized carbons (Fsp3) is 0.526. The van der Waals surface area contributed by atoms with E-state index in [0.29, 0.717) is 30.2 Å². The number of nitrogens with zero attached hydrogens (tertiary/aromatic N) is 1. The second kappa shape index (κ2) is 6.83. The highest BCUT2D eigenvalue weighted by Gasteiger charge is 2.38. The second-order valence-electron chi connectivity index (χ2n) is 7.47. The molecule has 0 bridgehead atoms. The molecule has 2 aliphatic rings. The van der Waals surface area contributed by atoms with Gasteiger partial charge < -0.3 is 19.0 Å². The summed E-state index contributed by atoms with van der Waals surface area (Å²) in [6.07, 6.45) is 0.732. The molecule has 0 spiro atoms. The van der Waals surface area contributed by atoms with E-state index in [1.165, 1.54) is 4.90 Å². The SMILES string of the molecule is COc1ccc2oc(C(=O)N3CC[NH+]([C@@H]4CCS(=O)(=O)C4)CC3)c(C)c2c1. The molecular weight excluding hydrogens is 368 g/mol. The molecule has 1 amide bonds. The lowest BCUT2D eigenvalue weighted by Gasteiger charge is -2.34. The smallest absolute Gasteiger partial charge is 0.290 e. The predicted octanol–water partition coefficient (Wildman–Crippen LogP) is 0.278. The zero-order valence-electron chi connectivity index (χ0n) is 15.7. The second-order valence-corrected chi connectivity index (χ2v) is 9.70. The molecule has 2 fully saturated rings. The molecule has 146 valence electrons. The van der Waals surface area contributed by atoms with Crippen molar-refractivity contribution in [3.8, 4) is 5.75 Å². The Morgan fingerprint density at radius 1 is 1.30 bits per heavy atom. The summed E-state index contributed by atoms with van der Waals surface area (Å²) in [5.74, 6) is 1.59. The zero-order chi connectivity index (χ0) is 19.2. The Kier molecular flexibility index (Phi) is 4.63. The molecule has 7 nitrogen and oxygen atoms in total. The Morgan fingerprint density at radius 3 is 2.67 bits per heavy atom. The molecule has 0 saturated carbocycles. The molecular formula is C19H25N2O5S+. The third-order valence-electron chi connectivity index (χ3n) is 5.84. The standard InChI is InChI=1S/C19H24N2O5S/c1-13-16-11-15(25-2)3-4-17(16)26-18(13)19(22)21-8-6-20(7-9-21)14-5-10-27(23,24)12-14/h3-4,11,14H,5-10,12H2,1-2H3/p+1/t14-/m1/s1. The zero-order valence-corrected chi connectivity index (χ0v) is 16.5. The summed E-state index contributed by atoms with van der Waals surface area (Å²) < 4.78 is 34.5. The Balaban J connectivity index is 1.47. The minimum atomic E-state index is -2.87. The highest BCUT2D eigenvalue weighted by Crippen LogP contribution is 2.29. The van der Waals surface area contributed by atoms with Crippen LogP contribution in [0.2, 0.25) is 0 Å². The molecule has 4 rings (SSSR count). The van der Waals surface area contributed by atoms with Crippen LogP contribution in [0.25, 0.3) is 11.0 Å². The number of hydrogen-bond acceptors (Lipinski definition) is 5. The average Bonchev–Trinajstić information content (AvgIpc) is 3.20. The van der Waals surface area contributed by atoms with Gasteiger partial charge in [0.25, 0.3) is 5.91 Å². The summed E-state index contributed by atoms with van der Waals surface area (Å²) in [7, 11) is -1.26. The van der Waals surface area contributed by atoms with Gasteiger partial charge in [-0.15, -0.1) is 0 Å². The van der Waals surface area contributed by atoms with Crippen LogP contribution >= 0.6 is 0 Å². The number of quaternary nitrogens is 1. The highest BCUT2D eigenvalue weighted by molar-refractivity contribution is 7.91. The number of fused-ring (bicyclic) bond motifs is 1. The number of methoxy groups -OCH3 is 1. The summed E-state index contributed by atoms with van der Waals surface area (Å²) in [6.45, 7) is 4.68. The molecule has 8 heteroatoms. The lowest BCUT2D eigenvalue weighted by molar-refractivity contribution is -0.925. The van der Waals surface area contributed by atoms with Crippen LogP contribution in [0.5, 0.6) is 5.75 Å². The summed E-state index contributed by atoms with van der Waals surface area (Å²) >= 11 is 0. The number of nitrogens with one attached hydrogen (secondary N) is 1. The van der Waals surface area contributed by atoms with Gasteiger partial charge in [0, 0.05) is 17.4 Å². The molecule has 1 aromatic carbocycles. The van der Waals surface area contributed by atoms with E-state index in [2.05, 4.69) is 0 Å². The van der Waals surface area contributed by atoms with Crippen molar-refractivity contribution in [2.75, 3.05) is 44.8 Å². The Labute approximate surface area is 158 Å². The molecule has 27 heavy (non-hydrogen) atoms. The summed E-state index contributed by atoms with van der Waals surface area (Å²) in [5.41, 5.74) is 1.50. The number of aryl methyl sites for hydroxylation is 1. The molecule has 2 aromatic rings. The fourth-order valence-corrected chi connectivity index (χ4v) is 6.02. The van der Waals surface area contributed by atoms with Crippen molar-refractivity contribution >= 4 is 26.7 Å². The normalized spacial score (nSPS) is 23.0. The predicted molar refractivity (Wildman–Crippen MR) is 101 cm³/mol. The lowest BCUT2D eigenvalue weighted by atomic mass is 10.1. The van der Waals surface area contributed by atoms with Gasteiger partial charge in [-0.2, -0.15) is 0 Å². The van der Waals surface area contributed by atoms with Gasteiger partial charge >= 0.3 is 0 Å². The third-order valence-corrected chi connectivity index (χ3v) is 7.61. The summed E-state index contributed by atoms with van der Waals surface area (Å²) in [6, 6.07) is 5.69. The van der Waals surface area contributed by atoms with Crippen LogP contribution in [0.15, 0.2) is 22.6 Å². The van der Waals surface area contributed by atoms with Crippen molar-refractivity contribution in [1.82, 2.24) is 4.90 Å². The maximum absolute atomic E-state index is 13.0. The van der Waals surface area contributed by atoms with Gasteiger partial charge in [0.05, 0.1) is 39.0 Å². The van der Waals surface area contributed by atoms with Crippen LogP contribution in [-0.2, 0) is 9.84 Å². The van der Waals surface area contributed by atoms with Crippen LogP contribution in [0.3, 0.4) is 0 Å². The van der Waals surface area contributed by atoms with Gasteiger partial charge in [-0.05, 0) is 25.1 Å². The van der Waals surface area contributed by atoms with E-state index >= 15 is 0 Å². The van der Waals surface area contributed by atoms with Crippen LogP contribution in [0.4, 0.5) is 0 Å². The average molecular weight is 393 g/mol. The van der Waals surface area contributed by atoms with Crippen molar-refractivity contribution in [3.05, 3.63) is 29.5 Å². The number of amides is 1. The third kappa shape index (κ3) is 3.43. The van der Waals surface area contributed by atoms with E-state index in [9.17, 15) is 13.2 Å². The van der Waals surface area contributed by atoms with Crippen LogP contribution in [0.1, 0.15) is 22.5 Å². The van der Waals surface area contributed by atoms with Crippen LogP contribution < -0.4 is 9.64 Å². The first-order valence-corrected chi connectivity index (χ1v) is 11.1. The number of carbonyl (C=O) groups is 1. The molecule has 0 radical (unpaired) electrons. The molecule has 2 saturated heterocycles. The van der Waals surface area contributed by atoms with Crippen molar-refractivity contribution < 1.29 is 27.3 Å². The quantitative estimate of drug-likeness (QED) is 0.810. The van der Waals surface area contributed by atoms with E-state index in [0.717, 1.165) is 36.2 Å². The number of piperazine rings is 1. The Morgan fingerprint density at radius 2 is 2.04 bits per heavy atom. The van der Waals surface area contributed by atoms with Gasteiger partial charge in [0.1, 0.15) is 23.1 Å². The highest BCUT2D eigenvalue weighted by atomic mass is 32.2. The number of hydrogen-bond donors (Lipinski definition) is 1. The number of sulfone groups is 1. The van der Waals surface area contributed by atoms with E-state index in [4.69, 9.17) is 9.15 Å².